The highest BCUT2D eigenvalue weighted by Crippen LogP contribution is 2.42. The number of H-pyrrole nitrogens is 1. The molecule has 10 aromatic carbocycles. The van der Waals surface area contributed by atoms with Crippen LogP contribution in [0.1, 0.15) is 199 Å². The molecule has 2 aliphatic rings. The molecule has 2 atom stereocenters. The topological polar surface area (TPSA) is 413 Å². The number of benzene rings is 10. The summed E-state index contributed by atoms with van der Waals surface area (Å²) in [5, 5.41) is 16.6. The predicted molar refractivity (Wildman–Crippen MR) is 541 cm³/mol. The van der Waals surface area contributed by atoms with Crippen molar-refractivity contribution in [3.8, 4) is 63.0 Å². The standard InChI is InChI=1S/C44H49N3O14.C23H24N2O4.C23H23NO4.C21H20N2O3/c1-41(2,3)58-37(50)54-28-15-17-30(27(20-28)24-49)35-45-34(21-26-14-13-25(23-48)19-32(26)56-39(52)60-43(7,8)9)46-36(47-35)31-18-16-29(55-38(51)59-42(4,5)6)22-33(31)57-40(53)61-44(10,11)12;1-23(2,3)29-22(27)28-21-15-9-5-7-11-18(15)25-20(21)12-19-16(13-26)14-8-4-6-10-17(14)24-19;1-23(2,3)28-22(25)27-20-14-11-17-7-5-6-8-19(17)21(20)24-15-16-9-12-18(26-4)13-10-16;1-21(2,3)26-20(24)25-18-14-13-15-9-7-8-12-17(15)19(18)23-22-16-10-5-4-6-11-16/h13-20,22-24H,21H2,1-12H3;4-11,13,15,18,24-25H,12H2,1-3H3;5-15H,1-4H3;4-14H,1-3H3. The Morgan fingerprint density at radius 2 is 0.819 bits per heavy atom. The van der Waals surface area contributed by atoms with Crippen molar-refractivity contribution in [2.24, 2.45) is 21.1 Å². The number of allylic oxidation sites excluding steroid dienone is 3. The van der Waals surface area contributed by atoms with Gasteiger partial charge in [0, 0.05) is 80.3 Å². The second-order valence-corrected chi connectivity index (χ2v) is 39.6. The van der Waals surface area contributed by atoms with Crippen molar-refractivity contribution in [1.82, 2.24) is 25.3 Å². The first-order chi connectivity index (χ1) is 67.8. The highest BCUT2D eigenvalue weighted by Gasteiger charge is 2.38. The van der Waals surface area contributed by atoms with Gasteiger partial charge >= 0.3 is 43.1 Å². The van der Waals surface area contributed by atoms with Crippen molar-refractivity contribution in [3.05, 3.63) is 281 Å². The number of aromatic amines is 1. The summed E-state index contributed by atoms with van der Waals surface area (Å²) in [6.07, 6.45) is 5.41. The van der Waals surface area contributed by atoms with E-state index in [0.717, 1.165) is 61.4 Å². The quantitative estimate of drug-likeness (QED) is 0.0168. The van der Waals surface area contributed by atoms with Crippen LogP contribution in [0.3, 0.4) is 0 Å². The molecule has 750 valence electrons. The maximum absolute atomic E-state index is 13.1. The van der Waals surface area contributed by atoms with Crippen LogP contribution in [0, 0.1) is 5.92 Å². The van der Waals surface area contributed by atoms with Crippen LogP contribution in [0.4, 0.5) is 50.6 Å². The number of ether oxygens (including phenoxy) is 15. The van der Waals surface area contributed by atoms with Crippen molar-refractivity contribution in [1.29, 1.82) is 0 Å². The molecule has 0 saturated heterocycles. The van der Waals surface area contributed by atoms with Crippen LogP contribution in [0.2, 0.25) is 0 Å². The van der Waals surface area contributed by atoms with Gasteiger partial charge in [-0.2, -0.15) is 5.11 Å². The monoisotopic (exact) mass is 1960 g/mol. The third-order valence-corrected chi connectivity index (χ3v) is 19.5. The van der Waals surface area contributed by atoms with Crippen LogP contribution in [0.15, 0.2) is 257 Å². The van der Waals surface area contributed by atoms with Crippen LogP contribution in [0.5, 0.6) is 40.2 Å². The normalized spacial score (nSPS) is 13.5. The van der Waals surface area contributed by atoms with E-state index in [0.29, 0.717) is 64.4 Å². The summed E-state index contributed by atoms with van der Waals surface area (Å²) in [6.45, 7) is 36.0. The summed E-state index contributed by atoms with van der Waals surface area (Å²) in [5.74, 6) is 1.39. The van der Waals surface area contributed by atoms with E-state index in [4.69, 9.17) is 71.1 Å². The van der Waals surface area contributed by atoms with Gasteiger partial charge in [0.25, 0.3) is 0 Å². The fraction of sp³-hybridized carbons (Fsp3) is 0.297. The number of aromatic nitrogens is 4. The number of azo groups is 1. The molecule has 0 saturated carbocycles. The zero-order valence-corrected chi connectivity index (χ0v) is 84.2. The van der Waals surface area contributed by atoms with E-state index < -0.39 is 82.3 Å². The van der Waals surface area contributed by atoms with Gasteiger partial charge < -0.3 is 81.4 Å². The summed E-state index contributed by atoms with van der Waals surface area (Å²) >= 11 is 0. The summed E-state index contributed by atoms with van der Waals surface area (Å²) in [4.78, 5) is 145. The second-order valence-electron chi connectivity index (χ2n) is 39.6. The molecule has 33 heteroatoms. The Kier molecular flexibility index (Phi) is 34.8. The summed E-state index contributed by atoms with van der Waals surface area (Å²) in [6, 6.07) is 59.9. The molecule has 2 N–H and O–H groups in total. The first-order valence-corrected chi connectivity index (χ1v) is 45.8. The van der Waals surface area contributed by atoms with E-state index >= 15 is 0 Å². The minimum atomic E-state index is -1.11. The Labute approximate surface area is 833 Å². The Balaban J connectivity index is 0.000000198. The van der Waals surface area contributed by atoms with E-state index in [9.17, 15) is 47.9 Å². The molecule has 3 heterocycles. The first-order valence-electron chi connectivity index (χ1n) is 45.8. The van der Waals surface area contributed by atoms with Gasteiger partial charge in [0.2, 0.25) is 0 Å². The molecule has 0 bridgehead atoms. The molecule has 2 unspecified atom stereocenters. The van der Waals surface area contributed by atoms with Crippen molar-refractivity contribution in [2.75, 3.05) is 7.11 Å². The Morgan fingerprint density at radius 1 is 0.375 bits per heavy atom. The van der Waals surface area contributed by atoms with Crippen LogP contribution in [-0.2, 0) is 50.7 Å². The van der Waals surface area contributed by atoms with Gasteiger partial charge in [0.1, 0.15) is 97.2 Å². The van der Waals surface area contributed by atoms with Gasteiger partial charge in [-0.25, -0.2) is 48.5 Å². The van der Waals surface area contributed by atoms with Crippen LogP contribution >= 0.6 is 0 Å². The fourth-order valence-corrected chi connectivity index (χ4v) is 13.8. The van der Waals surface area contributed by atoms with Crippen LogP contribution in [0.25, 0.3) is 55.2 Å². The molecule has 12 aromatic rings. The lowest BCUT2D eigenvalue weighted by Gasteiger charge is -2.21. The number of nitrogens with one attached hydrogen (secondary N) is 2. The van der Waals surface area contributed by atoms with Gasteiger partial charge in [-0.15, -0.1) is 5.11 Å². The van der Waals surface area contributed by atoms with Crippen molar-refractivity contribution in [3.63, 3.8) is 0 Å². The lowest BCUT2D eigenvalue weighted by atomic mass is 9.96. The van der Waals surface area contributed by atoms with Gasteiger partial charge in [0.05, 0.1) is 36.0 Å². The summed E-state index contributed by atoms with van der Waals surface area (Å²) < 4.78 is 80.7. The molecular formula is C111H116N8O25. The van der Waals surface area contributed by atoms with Gasteiger partial charge in [0.15, 0.2) is 35.7 Å². The summed E-state index contributed by atoms with van der Waals surface area (Å²) in [5.41, 5.74) is 0.987. The number of nitrogens with zero attached hydrogens (tertiary/aromatic N) is 6. The number of rotatable bonds is 21. The van der Waals surface area contributed by atoms with E-state index in [1.54, 1.807) is 171 Å². The van der Waals surface area contributed by atoms with Crippen molar-refractivity contribution < 1.29 is 119 Å². The summed E-state index contributed by atoms with van der Waals surface area (Å²) in [7, 11) is 1.62. The molecule has 0 spiro atoms. The molecule has 144 heavy (non-hydrogen) atoms. The Hall–Kier alpha value is -16.7. The molecule has 33 nitrogen and oxygen atoms in total. The molecule has 2 aromatic heterocycles. The average molecular weight is 1960 g/mol. The lowest BCUT2D eigenvalue weighted by Crippen LogP contribution is -2.28. The van der Waals surface area contributed by atoms with Crippen LogP contribution in [-0.4, -0.2) is 140 Å². The Morgan fingerprint density at radius 3 is 1.34 bits per heavy atom. The maximum atomic E-state index is 13.1. The minimum absolute atomic E-state index is 0.000204. The molecule has 0 fully saturated rings. The van der Waals surface area contributed by atoms with Gasteiger partial charge in [-0.05, 0) is 253 Å². The highest BCUT2D eigenvalue weighted by atomic mass is 16.8. The third-order valence-electron chi connectivity index (χ3n) is 19.5. The molecule has 0 amide bonds. The smallest absolute Gasteiger partial charge is 0.497 e. The van der Waals surface area contributed by atoms with Crippen molar-refractivity contribution >= 4 is 118 Å². The number of carbonyl (C=O) groups is 10. The van der Waals surface area contributed by atoms with Gasteiger partial charge in [-0.1, -0.05) is 133 Å². The molecule has 1 aliphatic carbocycles. The number of carbonyl (C=O) groups excluding carboxylic acids is 10. The number of hydrogen-bond acceptors (Lipinski definition) is 32. The predicted octanol–water partition coefficient (Wildman–Crippen LogP) is 26.6. The Bertz CT molecular complexity index is 6890. The molecule has 1 aliphatic heterocycles. The number of methoxy groups -OCH3 is 1. The van der Waals surface area contributed by atoms with E-state index in [2.05, 4.69) is 40.5 Å². The zero-order chi connectivity index (χ0) is 105. The van der Waals surface area contributed by atoms with E-state index in [1.807, 2.05) is 164 Å². The molecular weight excluding hydrogens is 1850 g/mol. The average Bonchev–Trinajstić information content (AvgIpc) is 1.53. The molecule has 0 radical (unpaired) electrons. The number of aldehydes is 3. The fourth-order valence-electron chi connectivity index (χ4n) is 13.8. The highest BCUT2D eigenvalue weighted by molar-refractivity contribution is 6.01. The minimum Gasteiger partial charge on any atom is -0.497 e. The molecule has 14 rings (SSSR count). The SMILES string of the molecule is CC(C)(C)OC(=O)OC1=C(Cc2[nH]c3ccccc3c2C=O)NC2C=CC=CC12.CC(C)(C)OC(=O)Oc1ccc(-c2nc(Cc3ccc(C=O)cc3OC(=O)OC(C)(C)C)nc(-c3ccc(OC(=O)OC(C)(C)C)cc3OC(=O)OC(C)(C)C)n2)c(C=O)c1.CC(C)(C)OC(=O)Oc1ccc2ccccc2c1N=Nc1ccccc1.COc1ccc(C=Nc2c(OC(=O)OC(C)(C)C)ccc3ccccc23)cc1. The number of aliphatic imine (C=N–C) groups is 1. The second kappa shape index (κ2) is 46.6. The largest absolute Gasteiger partial charge is 0.514 e. The number of para-hydroxylation sites is 1. The van der Waals surface area contributed by atoms with Crippen LogP contribution < -0.4 is 38.5 Å². The number of hydrogen-bond donors (Lipinski definition) is 2. The van der Waals surface area contributed by atoms with E-state index in [1.165, 1.54) is 54.6 Å². The third kappa shape index (κ3) is 32.7. The first kappa shape index (κ1) is 108. The number of fused-ring (bicyclic) bond motifs is 4. The maximum Gasteiger partial charge on any atom is 0.514 e. The van der Waals surface area contributed by atoms with E-state index in [-0.39, 0.29) is 81.1 Å². The lowest BCUT2D eigenvalue weighted by molar-refractivity contribution is 0.00329. The van der Waals surface area contributed by atoms with Gasteiger partial charge in [-0.3, -0.25) is 19.4 Å². The van der Waals surface area contributed by atoms with Crippen molar-refractivity contribution in [2.45, 2.75) is 203 Å². The zero-order valence-electron chi connectivity index (χ0n) is 84.2.